The van der Waals surface area contributed by atoms with Gasteiger partial charge in [0.1, 0.15) is 5.75 Å². The first-order valence-electron chi connectivity index (χ1n) is 12.2. The molecule has 2 atom stereocenters. The van der Waals surface area contributed by atoms with E-state index in [9.17, 15) is 9.59 Å². The Morgan fingerprint density at radius 3 is 2.30 bits per heavy atom. The topological polar surface area (TPSA) is 59.1 Å². The molecule has 2 aliphatic heterocycles. The van der Waals surface area contributed by atoms with Gasteiger partial charge in [-0.25, -0.2) is 9.59 Å². The average Bonchev–Trinajstić information content (AvgIpc) is 3.44. The fourth-order valence-electron chi connectivity index (χ4n) is 5.04. The molecule has 0 aromatic heterocycles. The molecular formula is C26H40N2O4S. The van der Waals surface area contributed by atoms with Gasteiger partial charge in [-0.1, -0.05) is 12.1 Å². The van der Waals surface area contributed by atoms with Gasteiger partial charge >= 0.3 is 12.0 Å². The van der Waals surface area contributed by atoms with Gasteiger partial charge in [0.25, 0.3) is 0 Å². The van der Waals surface area contributed by atoms with Crippen molar-refractivity contribution in [2.24, 2.45) is 5.92 Å². The van der Waals surface area contributed by atoms with Gasteiger partial charge in [0.15, 0.2) is 5.60 Å². The van der Waals surface area contributed by atoms with E-state index >= 15 is 0 Å². The summed E-state index contributed by atoms with van der Waals surface area (Å²) < 4.78 is 11.3. The Bertz CT molecular complexity index is 828. The lowest BCUT2D eigenvalue weighted by atomic mass is 9.85. The molecule has 1 aromatic carbocycles. The Hall–Kier alpha value is -1.89. The lowest BCUT2D eigenvalue weighted by Gasteiger charge is -2.27. The molecule has 0 bridgehead atoms. The van der Waals surface area contributed by atoms with E-state index in [1.54, 1.807) is 20.8 Å². The molecule has 0 radical (unpaired) electrons. The number of ether oxygens (including phenoxy) is 2. The minimum absolute atomic E-state index is 0.203. The summed E-state index contributed by atoms with van der Waals surface area (Å²) in [6, 6.07) is 4.57. The van der Waals surface area contributed by atoms with Gasteiger partial charge in [-0.3, -0.25) is 0 Å². The predicted octanol–water partition coefficient (Wildman–Crippen LogP) is 5.01. The number of thioether (sulfide) groups is 1. The van der Waals surface area contributed by atoms with Crippen molar-refractivity contribution in [3.63, 3.8) is 0 Å². The number of rotatable bonds is 8. The number of hydrogen-bond acceptors (Lipinski definition) is 5. The van der Waals surface area contributed by atoms with Crippen LogP contribution in [0.1, 0.15) is 62.6 Å². The summed E-state index contributed by atoms with van der Waals surface area (Å²) >= 11 is 1.86. The minimum Gasteiger partial charge on any atom is -0.476 e. The molecule has 2 heterocycles. The van der Waals surface area contributed by atoms with E-state index in [-0.39, 0.29) is 12.0 Å². The van der Waals surface area contributed by atoms with Gasteiger partial charge in [0.2, 0.25) is 0 Å². The van der Waals surface area contributed by atoms with Gasteiger partial charge in [-0.2, -0.15) is 11.8 Å². The van der Waals surface area contributed by atoms with Crippen LogP contribution in [0.15, 0.2) is 12.1 Å². The molecule has 0 N–H and O–H groups in total. The number of carbonyl (C=O) groups is 2. The normalized spacial score (nSPS) is 20.9. The van der Waals surface area contributed by atoms with Gasteiger partial charge in [-0.15, -0.1) is 0 Å². The van der Waals surface area contributed by atoms with Gasteiger partial charge < -0.3 is 19.3 Å². The first-order valence-corrected chi connectivity index (χ1v) is 13.6. The third kappa shape index (κ3) is 5.97. The molecule has 1 unspecified atom stereocenters. The number of urea groups is 1. The lowest BCUT2D eigenvalue weighted by Crippen LogP contribution is -2.40. The second-order valence-corrected chi connectivity index (χ2v) is 10.8. The molecule has 2 saturated heterocycles. The predicted molar refractivity (Wildman–Crippen MR) is 134 cm³/mol. The first kappa shape index (κ1) is 25.7. The van der Waals surface area contributed by atoms with Gasteiger partial charge in [-0.05, 0) is 88.5 Å². The quantitative estimate of drug-likeness (QED) is 0.494. The fourth-order valence-corrected chi connectivity index (χ4v) is 5.57. The van der Waals surface area contributed by atoms with Crippen molar-refractivity contribution in [1.82, 2.24) is 9.80 Å². The number of hydrogen-bond donors (Lipinski definition) is 0. The summed E-state index contributed by atoms with van der Waals surface area (Å²) in [5, 5.41) is 0. The van der Waals surface area contributed by atoms with E-state index in [0.717, 1.165) is 68.1 Å². The third-order valence-corrected chi connectivity index (χ3v) is 7.46. The van der Waals surface area contributed by atoms with Crippen LogP contribution in [-0.4, -0.2) is 72.2 Å². The minimum atomic E-state index is -1.06. The first-order chi connectivity index (χ1) is 15.7. The monoisotopic (exact) mass is 476 g/mol. The van der Waals surface area contributed by atoms with E-state index in [1.165, 1.54) is 5.56 Å². The lowest BCUT2D eigenvalue weighted by molar-refractivity contribution is -0.158. The van der Waals surface area contributed by atoms with Crippen molar-refractivity contribution in [2.45, 2.75) is 65.4 Å². The Morgan fingerprint density at radius 1 is 1.09 bits per heavy atom. The van der Waals surface area contributed by atoms with Crippen molar-refractivity contribution in [2.75, 3.05) is 44.8 Å². The smallest absolute Gasteiger partial charge is 0.349 e. The molecule has 3 rings (SSSR count). The molecule has 0 aliphatic carbocycles. The number of benzene rings is 1. The maximum Gasteiger partial charge on any atom is 0.349 e. The highest BCUT2D eigenvalue weighted by Crippen LogP contribution is 2.39. The third-order valence-electron chi connectivity index (χ3n) is 6.82. The highest BCUT2D eigenvalue weighted by atomic mass is 32.2. The summed E-state index contributed by atoms with van der Waals surface area (Å²) in [6.07, 6.45) is 5.46. The molecule has 0 saturated carbocycles. The van der Waals surface area contributed by atoms with Crippen LogP contribution in [0.2, 0.25) is 0 Å². The van der Waals surface area contributed by atoms with Crippen LogP contribution >= 0.6 is 11.8 Å². The Morgan fingerprint density at radius 2 is 1.73 bits per heavy atom. The van der Waals surface area contributed by atoms with E-state index in [0.29, 0.717) is 18.4 Å². The molecule has 184 valence electrons. The van der Waals surface area contributed by atoms with Crippen LogP contribution in [0.4, 0.5) is 4.79 Å². The number of carbonyl (C=O) groups excluding carboxylic acids is 2. The average molecular weight is 477 g/mol. The van der Waals surface area contributed by atoms with E-state index in [2.05, 4.69) is 23.3 Å². The summed E-state index contributed by atoms with van der Waals surface area (Å²) in [4.78, 5) is 29.5. The second-order valence-electron chi connectivity index (χ2n) is 9.85. The van der Waals surface area contributed by atoms with Crippen LogP contribution in [0.25, 0.3) is 0 Å². The number of likely N-dealkylation sites (tertiary alicyclic amines) is 2. The zero-order valence-corrected chi connectivity index (χ0v) is 21.9. The molecular weight excluding hydrogens is 436 g/mol. The van der Waals surface area contributed by atoms with E-state index in [4.69, 9.17) is 9.47 Å². The maximum atomic E-state index is 13.1. The molecule has 1 aromatic rings. The molecule has 2 aliphatic rings. The molecule has 2 fully saturated rings. The standard InChI is InChI=1S/C26H40N2O4S/c1-7-31-24(29)26(4,5)32-23-18(2)14-21(15-19(23)3)22-17-28(16-20(22)10-13-33-6)25(30)27-11-8-9-12-27/h14-15,20,22H,7-13,16-17H2,1-6H3/t20?,22-/m0/s1. The van der Waals surface area contributed by atoms with Crippen molar-refractivity contribution in [1.29, 1.82) is 0 Å². The van der Waals surface area contributed by atoms with E-state index in [1.807, 2.05) is 30.5 Å². The largest absolute Gasteiger partial charge is 0.476 e. The Kier molecular flexibility index (Phi) is 8.59. The molecule has 6 nitrogen and oxygen atoms in total. The van der Waals surface area contributed by atoms with Gasteiger partial charge in [0.05, 0.1) is 6.61 Å². The number of esters is 1. The molecule has 0 spiro atoms. The van der Waals surface area contributed by atoms with Crippen molar-refractivity contribution in [3.8, 4) is 5.75 Å². The molecule has 7 heteroatoms. The van der Waals surface area contributed by atoms with Crippen LogP contribution in [0, 0.1) is 19.8 Å². The van der Waals surface area contributed by atoms with Crippen molar-refractivity contribution in [3.05, 3.63) is 28.8 Å². The Labute approximate surface area is 203 Å². The zero-order chi connectivity index (χ0) is 24.2. The highest BCUT2D eigenvalue weighted by Gasteiger charge is 2.38. The fraction of sp³-hybridized carbons (Fsp3) is 0.692. The maximum absolute atomic E-state index is 13.1. The van der Waals surface area contributed by atoms with Crippen LogP contribution in [0.5, 0.6) is 5.75 Å². The summed E-state index contributed by atoms with van der Waals surface area (Å²) in [6.45, 7) is 13.0. The van der Waals surface area contributed by atoms with E-state index < -0.39 is 5.60 Å². The Balaban J connectivity index is 1.82. The van der Waals surface area contributed by atoms with Crippen LogP contribution < -0.4 is 4.74 Å². The second kappa shape index (κ2) is 11.0. The van der Waals surface area contributed by atoms with Gasteiger partial charge in [0, 0.05) is 32.1 Å². The van der Waals surface area contributed by atoms with Crippen molar-refractivity contribution < 1.29 is 19.1 Å². The highest BCUT2D eigenvalue weighted by molar-refractivity contribution is 7.98. The van der Waals surface area contributed by atoms with Crippen LogP contribution in [0.3, 0.4) is 0 Å². The SMILES string of the molecule is CCOC(=O)C(C)(C)Oc1c(C)cc([C@H]2CN(C(=O)N3CCCC3)CC2CCSC)cc1C. The molecule has 33 heavy (non-hydrogen) atoms. The number of aryl methyl sites for hydroxylation is 2. The summed E-state index contributed by atoms with van der Waals surface area (Å²) in [5.74, 6) is 2.23. The number of amides is 2. The summed E-state index contributed by atoms with van der Waals surface area (Å²) in [7, 11) is 0. The number of nitrogens with zero attached hydrogens (tertiary/aromatic N) is 2. The van der Waals surface area contributed by atoms with Crippen molar-refractivity contribution >= 4 is 23.8 Å². The molecule has 2 amide bonds. The zero-order valence-electron chi connectivity index (χ0n) is 21.1. The van der Waals surface area contributed by atoms with Crippen LogP contribution in [-0.2, 0) is 9.53 Å². The summed E-state index contributed by atoms with van der Waals surface area (Å²) in [5.41, 5.74) is 2.22.